The molecule has 2 heterocycles. The van der Waals surface area contributed by atoms with Gasteiger partial charge in [-0.2, -0.15) is 0 Å². The third kappa shape index (κ3) is 4.01. The molecule has 4 heteroatoms. The minimum Gasteiger partial charge on any atom is -0.328 e. The van der Waals surface area contributed by atoms with Crippen LogP contribution in [0.5, 0.6) is 0 Å². The smallest absolute Gasteiger partial charge is 0.107 e. The number of likely N-dealkylation sites (tertiary alicyclic amines) is 1. The van der Waals surface area contributed by atoms with Gasteiger partial charge in [-0.25, -0.2) is 4.98 Å². The molecule has 3 nitrogen and oxygen atoms in total. The van der Waals surface area contributed by atoms with Gasteiger partial charge in [0.05, 0.1) is 6.54 Å². The van der Waals surface area contributed by atoms with E-state index in [4.69, 9.17) is 5.73 Å². The van der Waals surface area contributed by atoms with Gasteiger partial charge in [0.2, 0.25) is 0 Å². The van der Waals surface area contributed by atoms with E-state index in [0.717, 1.165) is 13.1 Å². The quantitative estimate of drug-likeness (QED) is 0.926. The number of hydrogen-bond donors (Lipinski definition) is 1. The van der Waals surface area contributed by atoms with Crippen LogP contribution in [0.25, 0.3) is 0 Å². The summed E-state index contributed by atoms with van der Waals surface area (Å²) >= 11 is 1.86. The van der Waals surface area contributed by atoms with Gasteiger partial charge in [0.1, 0.15) is 5.01 Å². The molecule has 2 atom stereocenters. The number of piperidine rings is 1. The van der Waals surface area contributed by atoms with Crippen LogP contribution in [0.4, 0.5) is 0 Å². The minimum atomic E-state index is 0.214. The van der Waals surface area contributed by atoms with E-state index >= 15 is 0 Å². The molecule has 0 saturated carbocycles. The first kappa shape index (κ1) is 14.9. The van der Waals surface area contributed by atoms with Crippen molar-refractivity contribution >= 4 is 11.3 Å². The highest BCUT2D eigenvalue weighted by atomic mass is 32.1. The first-order chi connectivity index (χ1) is 8.86. The van der Waals surface area contributed by atoms with Crippen LogP contribution in [0.2, 0.25) is 0 Å². The van der Waals surface area contributed by atoms with Crippen molar-refractivity contribution in [3.63, 3.8) is 0 Å². The van der Waals surface area contributed by atoms with E-state index in [0.29, 0.717) is 12.0 Å². The summed E-state index contributed by atoms with van der Waals surface area (Å²) in [4.78, 5) is 8.49. The van der Waals surface area contributed by atoms with Crippen LogP contribution >= 0.6 is 11.3 Å². The van der Waals surface area contributed by atoms with E-state index in [9.17, 15) is 0 Å². The predicted molar refractivity (Wildman–Crippen MR) is 82.5 cm³/mol. The molecule has 0 radical (unpaired) electrons. The second kappa shape index (κ2) is 5.90. The summed E-state index contributed by atoms with van der Waals surface area (Å²) in [5.74, 6) is 0.649. The van der Waals surface area contributed by atoms with E-state index in [1.54, 1.807) is 0 Å². The molecule has 2 rings (SSSR count). The fraction of sp³-hybridized carbons (Fsp3) is 0.800. The number of nitrogens with zero attached hydrogens (tertiary/aromatic N) is 2. The standard InChI is InChI=1S/C15H27N3S/c1-11(16)12-6-5-7-18(9-12)10-14-17-8-13(19-14)15(2,3)4/h8,11-12H,5-7,9-10,16H2,1-4H3. The number of nitrogens with two attached hydrogens (primary N) is 1. The normalized spacial score (nSPS) is 23.5. The molecule has 0 spiro atoms. The number of rotatable bonds is 3. The number of thiazole rings is 1. The molecule has 108 valence electrons. The van der Waals surface area contributed by atoms with Crippen LogP contribution in [0.3, 0.4) is 0 Å². The van der Waals surface area contributed by atoms with Crippen LogP contribution in [0.1, 0.15) is 50.4 Å². The van der Waals surface area contributed by atoms with Gasteiger partial charge in [0, 0.05) is 23.7 Å². The van der Waals surface area contributed by atoms with Gasteiger partial charge in [-0.15, -0.1) is 11.3 Å². The van der Waals surface area contributed by atoms with Gasteiger partial charge in [-0.05, 0) is 37.6 Å². The van der Waals surface area contributed by atoms with E-state index in [1.807, 2.05) is 17.5 Å². The highest BCUT2D eigenvalue weighted by molar-refractivity contribution is 7.11. The zero-order valence-electron chi connectivity index (χ0n) is 12.6. The molecule has 2 N–H and O–H groups in total. The van der Waals surface area contributed by atoms with Crippen molar-refractivity contribution in [2.45, 2.75) is 58.5 Å². The van der Waals surface area contributed by atoms with E-state index in [2.05, 4.69) is 37.6 Å². The van der Waals surface area contributed by atoms with Crippen LogP contribution in [-0.2, 0) is 12.0 Å². The molecule has 1 aromatic rings. The second-order valence-electron chi connectivity index (χ2n) is 6.86. The lowest BCUT2D eigenvalue weighted by molar-refractivity contribution is 0.154. The van der Waals surface area contributed by atoms with E-state index in [-0.39, 0.29) is 5.41 Å². The zero-order chi connectivity index (χ0) is 14.0. The third-order valence-corrected chi connectivity index (χ3v) is 5.34. The van der Waals surface area contributed by atoms with Crippen molar-refractivity contribution in [2.75, 3.05) is 13.1 Å². The molecular weight excluding hydrogens is 254 g/mol. The Morgan fingerprint density at radius 3 is 2.84 bits per heavy atom. The molecule has 1 aromatic heterocycles. The summed E-state index contributed by atoms with van der Waals surface area (Å²) in [6, 6.07) is 0.309. The number of hydrogen-bond acceptors (Lipinski definition) is 4. The molecule has 2 unspecified atom stereocenters. The lowest BCUT2D eigenvalue weighted by Crippen LogP contribution is -2.41. The van der Waals surface area contributed by atoms with Gasteiger partial charge < -0.3 is 5.73 Å². The molecule has 0 amide bonds. The van der Waals surface area contributed by atoms with E-state index in [1.165, 1.54) is 29.3 Å². The monoisotopic (exact) mass is 281 g/mol. The molecule has 1 fully saturated rings. The summed E-state index contributed by atoms with van der Waals surface area (Å²) in [5.41, 5.74) is 6.26. The van der Waals surface area contributed by atoms with Crippen molar-refractivity contribution in [3.8, 4) is 0 Å². The first-order valence-corrected chi connectivity index (χ1v) is 8.11. The Morgan fingerprint density at radius 2 is 2.26 bits per heavy atom. The van der Waals surface area contributed by atoms with Crippen molar-refractivity contribution in [2.24, 2.45) is 11.7 Å². The second-order valence-corrected chi connectivity index (χ2v) is 7.98. The molecule has 0 bridgehead atoms. The molecule has 0 aromatic carbocycles. The van der Waals surface area contributed by atoms with E-state index < -0.39 is 0 Å². The SMILES string of the molecule is CC(N)C1CCCN(Cc2ncc(C(C)(C)C)s2)C1. The molecule has 19 heavy (non-hydrogen) atoms. The summed E-state index contributed by atoms with van der Waals surface area (Å²) < 4.78 is 0. The Kier molecular flexibility index (Phi) is 4.64. The maximum Gasteiger partial charge on any atom is 0.107 e. The summed E-state index contributed by atoms with van der Waals surface area (Å²) in [6.07, 6.45) is 4.59. The lowest BCUT2D eigenvalue weighted by atomic mass is 9.92. The number of aromatic nitrogens is 1. The molecule has 0 aliphatic carbocycles. The Balaban J connectivity index is 1.95. The largest absolute Gasteiger partial charge is 0.328 e. The molecular formula is C15H27N3S. The molecule has 1 aliphatic rings. The maximum atomic E-state index is 6.04. The average Bonchev–Trinajstić information content (AvgIpc) is 2.77. The zero-order valence-corrected chi connectivity index (χ0v) is 13.5. The Hall–Kier alpha value is -0.450. The van der Waals surface area contributed by atoms with Gasteiger partial charge >= 0.3 is 0 Å². The fourth-order valence-corrected chi connectivity index (χ4v) is 3.60. The van der Waals surface area contributed by atoms with Crippen molar-refractivity contribution < 1.29 is 0 Å². The predicted octanol–water partition coefficient (Wildman–Crippen LogP) is 3.00. The van der Waals surface area contributed by atoms with Crippen molar-refractivity contribution in [1.29, 1.82) is 0 Å². The summed E-state index contributed by atoms with van der Waals surface area (Å²) in [7, 11) is 0. The van der Waals surface area contributed by atoms with Crippen LogP contribution in [-0.4, -0.2) is 29.0 Å². The first-order valence-electron chi connectivity index (χ1n) is 7.29. The summed E-state index contributed by atoms with van der Waals surface area (Å²) in [6.45, 7) is 12.2. The Labute approximate surface area is 121 Å². The fourth-order valence-electron chi connectivity index (χ4n) is 2.59. The Bertz CT molecular complexity index is 406. The average molecular weight is 281 g/mol. The van der Waals surface area contributed by atoms with Gasteiger partial charge in [0.25, 0.3) is 0 Å². The maximum absolute atomic E-state index is 6.04. The highest BCUT2D eigenvalue weighted by Gasteiger charge is 2.24. The lowest BCUT2D eigenvalue weighted by Gasteiger charge is -2.34. The minimum absolute atomic E-state index is 0.214. The van der Waals surface area contributed by atoms with Gasteiger partial charge in [0.15, 0.2) is 0 Å². The summed E-state index contributed by atoms with van der Waals surface area (Å²) in [5, 5.41) is 1.25. The van der Waals surface area contributed by atoms with Gasteiger partial charge in [-0.1, -0.05) is 20.8 Å². The molecule has 1 aliphatic heterocycles. The van der Waals surface area contributed by atoms with Crippen molar-refractivity contribution in [3.05, 3.63) is 16.1 Å². The highest BCUT2D eigenvalue weighted by Crippen LogP contribution is 2.29. The van der Waals surface area contributed by atoms with Crippen molar-refractivity contribution in [1.82, 2.24) is 9.88 Å². The van der Waals surface area contributed by atoms with Crippen LogP contribution in [0.15, 0.2) is 6.20 Å². The molecule has 1 saturated heterocycles. The van der Waals surface area contributed by atoms with Gasteiger partial charge in [-0.3, -0.25) is 4.90 Å². The van der Waals surface area contributed by atoms with Crippen LogP contribution in [0, 0.1) is 5.92 Å². The Morgan fingerprint density at radius 1 is 1.53 bits per heavy atom. The van der Waals surface area contributed by atoms with Crippen LogP contribution < -0.4 is 5.73 Å². The third-order valence-electron chi connectivity index (χ3n) is 3.94. The topological polar surface area (TPSA) is 42.1 Å².